The van der Waals surface area contributed by atoms with Crippen LogP contribution in [0.5, 0.6) is 0 Å². The average Bonchev–Trinajstić information content (AvgIpc) is 2.93. The van der Waals surface area contributed by atoms with Gasteiger partial charge in [-0.1, -0.05) is 69.2 Å². The van der Waals surface area contributed by atoms with Crippen LogP contribution in [0.25, 0.3) is 10.8 Å². The number of nitrogens with two attached hydrogens (primary N) is 2. The molecule has 0 aromatic heterocycles. The Hall–Kier alpha value is -3.84. The lowest BCUT2D eigenvalue weighted by Crippen LogP contribution is -2.41. The molecule has 0 spiro atoms. The Morgan fingerprint density at radius 1 is 0.842 bits per heavy atom. The zero-order valence-corrected chi connectivity index (χ0v) is 23.0. The first kappa shape index (κ1) is 27.2. The Kier molecular flexibility index (Phi) is 8.69. The third-order valence-electron chi connectivity index (χ3n) is 6.73. The standard InChI is InChI=1S/C31H36N4O2S/c1-3-5-20-35(21-6-4-2)29-16-10-15-26-25(29)14-11-17-30(26)38(36,37)34-24-18-19-28(32)27(22-24)31(33)23-12-8-7-9-13-23/h7-19,22,33-34H,3-6,20-21,32H2,1-2H3/p+1. The van der Waals surface area contributed by atoms with Crippen molar-refractivity contribution in [3.63, 3.8) is 0 Å². The fourth-order valence-corrected chi connectivity index (χ4v) is 5.93. The molecule has 0 saturated heterocycles. The summed E-state index contributed by atoms with van der Waals surface area (Å²) in [5.74, 6) is 0. The third-order valence-corrected chi connectivity index (χ3v) is 8.17. The molecule has 0 bridgehead atoms. The van der Waals surface area contributed by atoms with Crippen LogP contribution >= 0.6 is 0 Å². The molecule has 0 unspecified atom stereocenters. The maximum Gasteiger partial charge on any atom is 0.262 e. The van der Waals surface area contributed by atoms with Crippen LogP contribution in [0, 0.1) is 0 Å². The van der Waals surface area contributed by atoms with Crippen LogP contribution < -0.4 is 20.8 Å². The van der Waals surface area contributed by atoms with Gasteiger partial charge in [0, 0.05) is 46.5 Å². The van der Waals surface area contributed by atoms with Crippen LogP contribution in [-0.4, -0.2) is 27.2 Å². The minimum absolute atomic E-state index is 0.237. The number of unbranched alkanes of at least 4 members (excludes halogenated alkanes) is 2. The summed E-state index contributed by atoms with van der Waals surface area (Å²) in [6, 6.07) is 25.9. The average molecular weight is 530 g/mol. The summed E-state index contributed by atoms with van der Waals surface area (Å²) in [5.41, 5.74) is 10.0. The molecule has 4 aromatic rings. The minimum Gasteiger partial charge on any atom is -0.398 e. The number of hydrogen-bond donors (Lipinski definition) is 3. The summed E-state index contributed by atoms with van der Waals surface area (Å²) in [7, 11) is -3.90. The van der Waals surface area contributed by atoms with Crippen molar-refractivity contribution in [2.75, 3.05) is 28.4 Å². The Morgan fingerprint density at radius 2 is 1.50 bits per heavy atom. The molecule has 38 heavy (non-hydrogen) atoms. The van der Waals surface area contributed by atoms with E-state index in [2.05, 4.69) is 29.5 Å². The fourth-order valence-electron chi connectivity index (χ4n) is 4.66. The minimum atomic E-state index is -3.90. The zero-order valence-electron chi connectivity index (χ0n) is 22.2. The van der Waals surface area contributed by atoms with Crippen molar-refractivity contribution in [1.29, 1.82) is 0 Å². The number of hydrogen-bond acceptors (Lipinski definition) is 4. The van der Waals surface area contributed by atoms with E-state index in [-0.39, 0.29) is 4.90 Å². The topological polar surface area (TPSA) is 101 Å². The van der Waals surface area contributed by atoms with E-state index in [1.165, 1.54) is 0 Å². The molecular weight excluding hydrogens is 492 g/mol. The molecule has 0 aliphatic rings. The van der Waals surface area contributed by atoms with Crippen molar-refractivity contribution in [2.24, 2.45) is 0 Å². The Labute approximate surface area is 226 Å². The maximum atomic E-state index is 13.7. The van der Waals surface area contributed by atoms with Gasteiger partial charge in [0.2, 0.25) is 5.71 Å². The first-order valence-corrected chi connectivity index (χ1v) is 14.7. The largest absolute Gasteiger partial charge is 0.398 e. The molecule has 0 aliphatic carbocycles. The van der Waals surface area contributed by atoms with Crippen molar-refractivity contribution >= 4 is 43.6 Å². The molecule has 0 radical (unpaired) electrons. The fraction of sp³-hybridized carbons (Fsp3) is 0.258. The van der Waals surface area contributed by atoms with Gasteiger partial charge in [0.1, 0.15) is 0 Å². The first-order chi connectivity index (χ1) is 18.4. The van der Waals surface area contributed by atoms with E-state index in [1.54, 1.807) is 24.3 Å². The summed E-state index contributed by atoms with van der Waals surface area (Å²) < 4.78 is 30.1. The lowest BCUT2D eigenvalue weighted by Gasteiger charge is -2.26. The molecule has 0 saturated carbocycles. The van der Waals surface area contributed by atoms with Crippen molar-refractivity contribution in [1.82, 2.24) is 0 Å². The van der Waals surface area contributed by atoms with Gasteiger partial charge in [-0.2, -0.15) is 0 Å². The van der Waals surface area contributed by atoms with Gasteiger partial charge in [0.15, 0.2) is 0 Å². The second kappa shape index (κ2) is 12.1. The van der Waals surface area contributed by atoms with Crippen molar-refractivity contribution < 1.29 is 13.8 Å². The molecule has 0 heterocycles. The molecule has 4 rings (SSSR count). The summed E-state index contributed by atoms with van der Waals surface area (Å²) in [6.45, 7) is 6.26. The SMILES string of the molecule is CCCCN(CCCC)c1cccc2c(S(=O)(=O)Nc3ccc(N)c(C(=[NH2+])c4ccccc4)c3)cccc12. The van der Waals surface area contributed by atoms with Crippen LogP contribution in [0.4, 0.5) is 17.1 Å². The smallest absolute Gasteiger partial charge is 0.262 e. The van der Waals surface area contributed by atoms with Gasteiger partial charge in [-0.3, -0.25) is 10.1 Å². The van der Waals surface area contributed by atoms with Gasteiger partial charge in [0.25, 0.3) is 10.0 Å². The second-order valence-corrected chi connectivity index (χ2v) is 11.2. The summed E-state index contributed by atoms with van der Waals surface area (Å²) >= 11 is 0. The molecular formula is C31H37N4O2S+. The lowest BCUT2D eigenvalue weighted by molar-refractivity contribution is -0.111. The van der Waals surface area contributed by atoms with Gasteiger partial charge in [-0.15, -0.1) is 0 Å². The van der Waals surface area contributed by atoms with Crippen molar-refractivity contribution in [3.8, 4) is 0 Å². The van der Waals surface area contributed by atoms with Gasteiger partial charge < -0.3 is 10.6 Å². The predicted octanol–water partition coefficient (Wildman–Crippen LogP) is 5.23. The lowest BCUT2D eigenvalue weighted by atomic mass is 10.0. The number of rotatable bonds is 12. The number of nitrogens with zero attached hydrogens (tertiary/aromatic N) is 1. The normalized spacial score (nSPS) is 11.4. The van der Waals surface area contributed by atoms with Crippen LogP contribution in [0.3, 0.4) is 0 Å². The molecule has 0 atom stereocenters. The predicted molar refractivity (Wildman–Crippen MR) is 159 cm³/mol. The number of nitrogen functional groups attached to an aromatic ring is 1. The van der Waals surface area contributed by atoms with Crippen LogP contribution in [0.2, 0.25) is 0 Å². The summed E-state index contributed by atoms with van der Waals surface area (Å²) in [4.78, 5) is 2.62. The van der Waals surface area contributed by atoms with Gasteiger partial charge in [0.05, 0.1) is 10.5 Å². The highest BCUT2D eigenvalue weighted by atomic mass is 32.2. The number of benzene rings is 4. The van der Waals surface area contributed by atoms with Crippen molar-refractivity contribution in [2.45, 2.75) is 44.4 Å². The van der Waals surface area contributed by atoms with Crippen molar-refractivity contribution in [3.05, 3.63) is 96.1 Å². The van der Waals surface area contributed by atoms with E-state index in [0.717, 1.165) is 55.4 Å². The molecule has 0 aliphatic heterocycles. The number of nitrogens with one attached hydrogen (secondary N) is 1. The molecule has 4 aromatic carbocycles. The van der Waals surface area contributed by atoms with Gasteiger partial charge in [-0.05, 0) is 55.3 Å². The summed E-state index contributed by atoms with van der Waals surface area (Å²) in [6.07, 6.45) is 4.38. The van der Waals surface area contributed by atoms with E-state index in [0.29, 0.717) is 28.0 Å². The highest BCUT2D eigenvalue weighted by molar-refractivity contribution is 7.93. The van der Waals surface area contributed by atoms with E-state index >= 15 is 0 Å². The first-order valence-electron chi connectivity index (χ1n) is 13.2. The third kappa shape index (κ3) is 6.00. The van der Waals surface area contributed by atoms with E-state index < -0.39 is 10.0 Å². The second-order valence-electron chi connectivity index (χ2n) is 9.51. The van der Waals surface area contributed by atoms with Crippen LogP contribution in [0.15, 0.2) is 89.8 Å². The molecule has 7 heteroatoms. The monoisotopic (exact) mass is 529 g/mol. The van der Waals surface area contributed by atoms with E-state index in [1.807, 2.05) is 54.6 Å². The van der Waals surface area contributed by atoms with Crippen LogP contribution in [0.1, 0.15) is 50.7 Å². The Balaban J connectivity index is 1.70. The molecule has 0 fully saturated rings. The molecule has 5 N–H and O–H groups in total. The van der Waals surface area contributed by atoms with E-state index in [4.69, 9.17) is 11.1 Å². The highest BCUT2D eigenvalue weighted by Crippen LogP contribution is 2.33. The van der Waals surface area contributed by atoms with Gasteiger partial charge in [-0.25, -0.2) is 8.42 Å². The van der Waals surface area contributed by atoms with E-state index in [9.17, 15) is 8.42 Å². The molecule has 0 amide bonds. The van der Waals surface area contributed by atoms with Gasteiger partial charge >= 0.3 is 0 Å². The molecule has 198 valence electrons. The quantitative estimate of drug-likeness (QED) is 0.173. The van der Waals surface area contributed by atoms with Crippen LogP contribution in [-0.2, 0) is 10.0 Å². The zero-order chi connectivity index (χ0) is 27.1. The Bertz CT molecular complexity index is 1510. The summed E-state index contributed by atoms with van der Waals surface area (Å²) in [5, 5.41) is 8.03. The Morgan fingerprint density at radius 3 is 2.18 bits per heavy atom. The number of sulfonamides is 1. The molecule has 6 nitrogen and oxygen atoms in total. The maximum absolute atomic E-state index is 13.7. The number of fused-ring (bicyclic) bond motifs is 1. The highest BCUT2D eigenvalue weighted by Gasteiger charge is 2.21. The number of anilines is 3.